The summed E-state index contributed by atoms with van der Waals surface area (Å²) in [7, 11) is 0. The van der Waals surface area contributed by atoms with Gasteiger partial charge in [0, 0.05) is 12.1 Å². The normalized spacial score (nSPS) is 16.6. The predicted octanol–water partition coefficient (Wildman–Crippen LogP) is 0.530. The molecule has 3 rings (SSSR count). The maximum Gasteiger partial charge on any atom is 0.327 e. The van der Waals surface area contributed by atoms with Crippen molar-refractivity contribution in [3.63, 3.8) is 0 Å². The van der Waals surface area contributed by atoms with E-state index in [4.69, 9.17) is 0 Å². The van der Waals surface area contributed by atoms with E-state index in [0.29, 0.717) is 17.9 Å². The van der Waals surface area contributed by atoms with Gasteiger partial charge in [0.15, 0.2) is 0 Å². The second-order valence-corrected chi connectivity index (χ2v) is 4.65. The van der Waals surface area contributed by atoms with Crippen molar-refractivity contribution in [1.82, 2.24) is 20.5 Å². The fourth-order valence-electron chi connectivity index (χ4n) is 2.40. The number of urea groups is 1. The van der Waals surface area contributed by atoms with Crippen molar-refractivity contribution >= 4 is 17.7 Å². The lowest BCUT2D eigenvalue weighted by Crippen LogP contribution is -2.47. The number of hydrogen-bond acceptors (Lipinski definition) is 4. The summed E-state index contributed by atoms with van der Waals surface area (Å²) < 4.78 is 0. The van der Waals surface area contributed by atoms with Crippen molar-refractivity contribution in [1.29, 1.82) is 0 Å². The number of benzene rings is 1. The van der Waals surface area contributed by atoms with Gasteiger partial charge in [-0.1, -0.05) is 18.2 Å². The van der Waals surface area contributed by atoms with Gasteiger partial charge >= 0.3 is 12.0 Å². The van der Waals surface area contributed by atoms with Crippen LogP contribution in [0.2, 0.25) is 0 Å². The molecule has 3 N–H and O–H groups in total. The number of amides is 2. The maximum absolute atomic E-state index is 12.3. The number of nitrogens with zero attached hydrogens (tertiary/aromatic N) is 3. The summed E-state index contributed by atoms with van der Waals surface area (Å²) in [4.78, 5) is 28.8. The van der Waals surface area contributed by atoms with Crippen LogP contribution in [0.15, 0.2) is 30.6 Å². The van der Waals surface area contributed by atoms with E-state index in [1.54, 1.807) is 12.1 Å². The maximum atomic E-state index is 12.3. The Hall–Kier alpha value is -2.90. The van der Waals surface area contributed by atoms with Crippen molar-refractivity contribution in [2.75, 3.05) is 4.90 Å². The molecule has 2 heterocycles. The first-order valence-corrected chi connectivity index (χ1v) is 6.39. The molecule has 108 valence electrons. The zero-order valence-corrected chi connectivity index (χ0v) is 11.0. The lowest BCUT2D eigenvalue weighted by Gasteiger charge is -2.22. The molecule has 0 saturated carbocycles. The summed E-state index contributed by atoms with van der Waals surface area (Å²) in [6.07, 6.45) is 1.65. The molecule has 1 atom stereocenters. The lowest BCUT2D eigenvalue weighted by atomic mass is 10.1. The fourth-order valence-corrected chi connectivity index (χ4v) is 2.40. The summed E-state index contributed by atoms with van der Waals surface area (Å²) in [6.45, 7) is 0.157. The number of carboxylic acid groups (broad SMARTS) is 1. The van der Waals surface area contributed by atoms with Gasteiger partial charge in [-0.25, -0.2) is 14.6 Å². The molecule has 2 amide bonds. The second-order valence-electron chi connectivity index (χ2n) is 4.65. The van der Waals surface area contributed by atoms with Crippen LogP contribution in [0.25, 0.3) is 0 Å². The lowest BCUT2D eigenvalue weighted by molar-refractivity contribution is -0.138. The highest BCUT2D eigenvalue weighted by molar-refractivity contribution is 6.00. The summed E-state index contributed by atoms with van der Waals surface area (Å²) >= 11 is 0. The Kier molecular flexibility index (Phi) is 3.27. The molecule has 2 aromatic rings. The van der Waals surface area contributed by atoms with Crippen molar-refractivity contribution < 1.29 is 14.7 Å². The van der Waals surface area contributed by atoms with Gasteiger partial charge in [-0.3, -0.25) is 10.00 Å². The molecule has 1 aromatic heterocycles. The molecule has 0 fully saturated rings. The molecule has 0 spiro atoms. The number of fused-ring (bicyclic) bond motifs is 1. The number of carboxylic acids is 1. The molecule has 0 saturated heterocycles. The molecule has 8 heteroatoms. The minimum Gasteiger partial charge on any atom is -0.480 e. The number of para-hydroxylation sites is 1. The van der Waals surface area contributed by atoms with Crippen molar-refractivity contribution in [2.24, 2.45) is 0 Å². The number of aromatic amines is 1. The van der Waals surface area contributed by atoms with E-state index in [1.807, 2.05) is 12.1 Å². The molecule has 0 aliphatic carbocycles. The molecule has 0 bridgehead atoms. The second kappa shape index (κ2) is 5.23. The van der Waals surface area contributed by atoms with Crippen LogP contribution in [-0.4, -0.2) is 38.3 Å². The first-order valence-electron chi connectivity index (χ1n) is 6.39. The van der Waals surface area contributed by atoms with Crippen molar-refractivity contribution in [3.05, 3.63) is 42.0 Å². The molecule has 1 unspecified atom stereocenters. The Morgan fingerprint density at radius 3 is 2.95 bits per heavy atom. The van der Waals surface area contributed by atoms with E-state index >= 15 is 0 Å². The van der Waals surface area contributed by atoms with Crippen LogP contribution in [0, 0.1) is 0 Å². The van der Waals surface area contributed by atoms with E-state index in [9.17, 15) is 14.7 Å². The number of carbonyl (C=O) groups is 2. The average molecular weight is 287 g/mol. The summed E-state index contributed by atoms with van der Waals surface area (Å²) in [6, 6.07) is 5.82. The van der Waals surface area contributed by atoms with E-state index in [2.05, 4.69) is 20.5 Å². The highest BCUT2D eigenvalue weighted by Crippen LogP contribution is 2.32. The monoisotopic (exact) mass is 287 g/mol. The van der Waals surface area contributed by atoms with Crippen molar-refractivity contribution in [3.8, 4) is 0 Å². The molecule has 1 aliphatic rings. The van der Waals surface area contributed by atoms with Gasteiger partial charge in [-0.15, -0.1) is 0 Å². The quantitative estimate of drug-likeness (QED) is 0.762. The fraction of sp³-hybridized carbons (Fsp3) is 0.231. The van der Waals surface area contributed by atoms with E-state index in [1.165, 1.54) is 11.2 Å². The van der Waals surface area contributed by atoms with Crippen molar-refractivity contribution in [2.45, 2.75) is 19.0 Å². The number of hydrogen-bond donors (Lipinski definition) is 3. The Balaban J connectivity index is 1.80. The van der Waals surface area contributed by atoms with Crippen LogP contribution in [0.1, 0.15) is 11.4 Å². The topological polar surface area (TPSA) is 111 Å². The van der Waals surface area contributed by atoms with Gasteiger partial charge in [0.05, 0.1) is 6.54 Å². The van der Waals surface area contributed by atoms with Crippen LogP contribution in [0.4, 0.5) is 10.5 Å². The third-order valence-electron chi connectivity index (χ3n) is 3.35. The summed E-state index contributed by atoms with van der Waals surface area (Å²) in [5, 5.41) is 18.3. The van der Waals surface area contributed by atoms with Crippen LogP contribution in [0.5, 0.6) is 0 Å². The molecule has 1 aliphatic heterocycles. The molecular formula is C13H13N5O3. The molecule has 0 radical (unpaired) electrons. The molecule has 1 aromatic carbocycles. The van der Waals surface area contributed by atoms with Gasteiger partial charge in [-0.2, -0.15) is 5.10 Å². The van der Waals surface area contributed by atoms with E-state index in [-0.39, 0.29) is 6.54 Å². The number of anilines is 1. The highest BCUT2D eigenvalue weighted by Gasteiger charge is 2.38. The Labute approximate surface area is 119 Å². The standard InChI is InChI=1S/C13H13N5O3/c19-12(20)10-5-8-3-1-2-4-9(8)18(10)13(21)14-6-11-15-7-16-17-11/h1-4,7,10H,5-6H2,(H,14,21)(H,19,20)(H,15,16,17). The Morgan fingerprint density at radius 1 is 1.43 bits per heavy atom. The number of carbonyl (C=O) groups excluding carboxylic acids is 1. The van der Waals surface area contributed by atoms with Crippen LogP contribution in [0.3, 0.4) is 0 Å². The minimum atomic E-state index is -1.03. The SMILES string of the molecule is O=C(O)C1Cc2ccccc2N1C(=O)NCc1ncn[nH]1. The summed E-state index contributed by atoms with van der Waals surface area (Å²) in [5.74, 6) is -0.524. The zero-order chi connectivity index (χ0) is 14.8. The minimum absolute atomic E-state index is 0.157. The first-order chi connectivity index (χ1) is 10.2. The Bertz CT molecular complexity index is 670. The van der Waals surface area contributed by atoms with E-state index in [0.717, 1.165) is 5.56 Å². The Morgan fingerprint density at radius 2 is 2.24 bits per heavy atom. The third-order valence-corrected chi connectivity index (χ3v) is 3.35. The number of aliphatic carboxylic acids is 1. The number of H-pyrrole nitrogens is 1. The van der Waals surface area contributed by atoms with Gasteiger partial charge < -0.3 is 10.4 Å². The highest BCUT2D eigenvalue weighted by atomic mass is 16.4. The van der Waals surface area contributed by atoms with Crippen LogP contribution in [-0.2, 0) is 17.8 Å². The predicted molar refractivity (Wildman–Crippen MR) is 72.7 cm³/mol. The first kappa shape index (κ1) is 13.1. The van der Waals surface area contributed by atoms with Gasteiger partial charge in [0.2, 0.25) is 0 Å². The largest absolute Gasteiger partial charge is 0.480 e. The third kappa shape index (κ3) is 2.42. The number of rotatable bonds is 3. The molecular weight excluding hydrogens is 274 g/mol. The average Bonchev–Trinajstić information content (AvgIpc) is 3.11. The smallest absolute Gasteiger partial charge is 0.327 e. The van der Waals surface area contributed by atoms with Gasteiger partial charge in [-0.05, 0) is 11.6 Å². The van der Waals surface area contributed by atoms with Gasteiger partial charge in [0.1, 0.15) is 18.2 Å². The zero-order valence-electron chi connectivity index (χ0n) is 11.0. The van der Waals surface area contributed by atoms with Crippen LogP contribution >= 0.6 is 0 Å². The molecule has 8 nitrogen and oxygen atoms in total. The number of aromatic nitrogens is 3. The number of nitrogens with one attached hydrogen (secondary N) is 2. The van der Waals surface area contributed by atoms with Gasteiger partial charge in [0.25, 0.3) is 0 Å². The molecule has 21 heavy (non-hydrogen) atoms. The van der Waals surface area contributed by atoms with E-state index < -0.39 is 18.0 Å². The summed E-state index contributed by atoms with van der Waals surface area (Å²) in [5.41, 5.74) is 1.47. The van der Waals surface area contributed by atoms with Crippen LogP contribution < -0.4 is 10.2 Å².